The van der Waals surface area contributed by atoms with Crippen LogP contribution in [-0.4, -0.2) is 34.9 Å². The van der Waals surface area contributed by atoms with Crippen LogP contribution < -0.4 is 9.80 Å². The van der Waals surface area contributed by atoms with E-state index < -0.39 is 17.7 Å². The summed E-state index contributed by atoms with van der Waals surface area (Å²) in [6, 6.07) is 8.94. The highest BCUT2D eigenvalue weighted by Crippen LogP contribution is 2.43. The summed E-state index contributed by atoms with van der Waals surface area (Å²) in [6.07, 6.45) is 3.27. The van der Waals surface area contributed by atoms with Gasteiger partial charge < -0.3 is 4.90 Å². The molecule has 3 fully saturated rings. The van der Waals surface area contributed by atoms with Gasteiger partial charge in [0.25, 0.3) is 0 Å². The Labute approximate surface area is 149 Å². The normalized spacial score (nSPS) is 25.1. The number of nitrogens with zero attached hydrogens (tertiary/aromatic N) is 4. The van der Waals surface area contributed by atoms with Crippen molar-refractivity contribution >= 4 is 23.3 Å². The number of hydrogen-bond donors (Lipinski definition) is 0. The van der Waals surface area contributed by atoms with Crippen molar-refractivity contribution in [3.63, 3.8) is 0 Å². The molecule has 3 heterocycles. The molecule has 132 valence electrons. The number of para-hydroxylation sites is 1. The summed E-state index contributed by atoms with van der Waals surface area (Å²) in [7, 11) is 0. The monoisotopic (exact) mass is 352 g/mol. The third-order valence-electron chi connectivity index (χ3n) is 5.47. The zero-order valence-corrected chi connectivity index (χ0v) is 14.0. The Kier molecular flexibility index (Phi) is 3.32. The van der Waals surface area contributed by atoms with Crippen molar-refractivity contribution in [2.75, 3.05) is 22.9 Å². The van der Waals surface area contributed by atoms with Crippen molar-refractivity contribution in [3.8, 4) is 0 Å². The van der Waals surface area contributed by atoms with Crippen molar-refractivity contribution in [1.29, 1.82) is 0 Å². The van der Waals surface area contributed by atoms with Gasteiger partial charge in [-0.15, -0.1) is 0 Å². The van der Waals surface area contributed by atoms with Crippen LogP contribution in [-0.2, 0) is 9.59 Å². The predicted molar refractivity (Wildman–Crippen MR) is 92.1 cm³/mol. The molecule has 6 nitrogen and oxygen atoms in total. The number of anilines is 2. The first-order chi connectivity index (χ1) is 12.6. The number of benzene rings is 1. The molecule has 2 aromatic rings. The summed E-state index contributed by atoms with van der Waals surface area (Å²) < 4.78 is 14.8. The molecule has 3 aliphatic rings. The van der Waals surface area contributed by atoms with Crippen LogP contribution in [0.15, 0.2) is 36.7 Å². The molecule has 0 bridgehead atoms. The molecular formula is C19H17FN4O2. The van der Waals surface area contributed by atoms with Crippen LogP contribution in [0, 0.1) is 17.7 Å². The number of aromatic nitrogens is 2. The minimum atomic E-state index is -0.457. The fraction of sp³-hybridized carbons (Fsp3) is 0.368. The zero-order chi connectivity index (χ0) is 17.8. The molecule has 1 saturated carbocycles. The Morgan fingerprint density at radius 1 is 0.962 bits per heavy atom. The van der Waals surface area contributed by atoms with Crippen molar-refractivity contribution in [2.45, 2.75) is 18.8 Å². The lowest BCUT2D eigenvalue weighted by molar-refractivity contribution is -0.122. The first kappa shape index (κ1) is 15.4. The first-order valence-electron chi connectivity index (χ1n) is 8.83. The van der Waals surface area contributed by atoms with Crippen LogP contribution in [0.2, 0.25) is 0 Å². The number of hydrogen-bond acceptors (Lipinski definition) is 5. The quantitative estimate of drug-likeness (QED) is 0.792. The Morgan fingerprint density at radius 3 is 2.23 bits per heavy atom. The van der Waals surface area contributed by atoms with E-state index in [-0.39, 0.29) is 23.6 Å². The Bertz CT molecular complexity index is 876. The molecule has 2 amide bonds. The number of amides is 2. The maximum atomic E-state index is 14.8. The number of fused-ring (bicyclic) bond motifs is 1. The maximum absolute atomic E-state index is 14.8. The van der Waals surface area contributed by atoms with Gasteiger partial charge in [-0.05, 0) is 25.0 Å². The molecule has 2 atom stereocenters. The molecule has 0 N–H and O–H groups in total. The third kappa shape index (κ3) is 2.23. The van der Waals surface area contributed by atoms with Crippen molar-refractivity contribution in [3.05, 3.63) is 48.2 Å². The van der Waals surface area contributed by atoms with Gasteiger partial charge in [0, 0.05) is 19.0 Å². The molecule has 26 heavy (non-hydrogen) atoms. The average molecular weight is 352 g/mol. The minimum absolute atomic E-state index is 0.177. The van der Waals surface area contributed by atoms with Crippen molar-refractivity contribution in [1.82, 2.24) is 9.97 Å². The van der Waals surface area contributed by atoms with E-state index in [0.717, 1.165) is 12.8 Å². The topological polar surface area (TPSA) is 66.4 Å². The second-order valence-corrected chi connectivity index (χ2v) is 7.14. The van der Waals surface area contributed by atoms with Gasteiger partial charge in [0.15, 0.2) is 11.6 Å². The van der Waals surface area contributed by atoms with Crippen LogP contribution in [0.25, 0.3) is 0 Å². The predicted octanol–water partition coefficient (Wildman–Crippen LogP) is 2.12. The lowest BCUT2D eigenvalue weighted by Gasteiger charge is -2.22. The van der Waals surface area contributed by atoms with Gasteiger partial charge in [-0.1, -0.05) is 18.2 Å². The number of rotatable bonds is 3. The van der Waals surface area contributed by atoms with Gasteiger partial charge >= 0.3 is 0 Å². The van der Waals surface area contributed by atoms with Crippen LogP contribution in [0.3, 0.4) is 0 Å². The highest BCUT2D eigenvalue weighted by atomic mass is 19.1. The van der Waals surface area contributed by atoms with E-state index in [0.29, 0.717) is 24.5 Å². The van der Waals surface area contributed by atoms with Gasteiger partial charge in [0.05, 0.1) is 23.2 Å². The van der Waals surface area contributed by atoms with Gasteiger partial charge in [-0.2, -0.15) is 0 Å². The Balaban J connectivity index is 1.42. The fourth-order valence-electron chi connectivity index (χ4n) is 3.98. The molecule has 2 unspecified atom stereocenters. The van der Waals surface area contributed by atoms with Crippen molar-refractivity contribution < 1.29 is 14.0 Å². The minimum Gasteiger partial charge on any atom is -0.352 e. The van der Waals surface area contributed by atoms with Gasteiger partial charge in [0.1, 0.15) is 6.33 Å². The Morgan fingerprint density at radius 2 is 1.62 bits per heavy atom. The second-order valence-electron chi connectivity index (χ2n) is 7.14. The van der Waals surface area contributed by atoms with E-state index in [1.165, 1.54) is 11.2 Å². The molecule has 1 aromatic heterocycles. The van der Waals surface area contributed by atoms with E-state index in [2.05, 4.69) is 9.97 Å². The van der Waals surface area contributed by atoms with E-state index in [1.807, 2.05) is 6.07 Å². The van der Waals surface area contributed by atoms with Crippen LogP contribution in [0.5, 0.6) is 0 Å². The van der Waals surface area contributed by atoms with E-state index in [1.54, 1.807) is 29.2 Å². The Hall–Kier alpha value is -2.83. The number of halogens is 1. The third-order valence-corrected chi connectivity index (χ3v) is 5.47. The highest BCUT2D eigenvalue weighted by Gasteiger charge is 2.53. The van der Waals surface area contributed by atoms with Crippen LogP contribution in [0.1, 0.15) is 24.5 Å². The number of carbonyl (C=O) groups excluding carboxylic acids is 2. The summed E-state index contributed by atoms with van der Waals surface area (Å²) in [5.41, 5.74) is 1.04. The van der Waals surface area contributed by atoms with Crippen LogP contribution in [0.4, 0.5) is 15.9 Å². The average Bonchev–Trinajstić information content (AvgIpc) is 3.35. The zero-order valence-electron chi connectivity index (χ0n) is 14.0. The summed E-state index contributed by atoms with van der Waals surface area (Å²) in [5, 5.41) is 0. The van der Waals surface area contributed by atoms with E-state index in [9.17, 15) is 14.0 Å². The van der Waals surface area contributed by atoms with Crippen LogP contribution >= 0.6 is 0 Å². The second kappa shape index (κ2) is 5.59. The standard InChI is InChI=1S/C19H17FN4O2/c20-15-16(11-6-7-11)21-10-22-17(15)23-8-13-14(9-23)19(26)24(18(13)25)12-4-2-1-3-5-12/h1-5,10-11,13-14H,6-9H2. The maximum Gasteiger partial charge on any atom is 0.239 e. The van der Waals surface area contributed by atoms with Gasteiger partial charge in [-0.3, -0.25) is 9.59 Å². The highest BCUT2D eigenvalue weighted by molar-refractivity contribution is 6.22. The largest absolute Gasteiger partial charge is 0.352 e. The molecule has 0 radical (unpaired) electrons. The van der Waals surface area contributed by atoms with Gasteiger partial charge in [0.2, 0.25) is 11.8 Å². The lowest BCUT2D eigenvalue weighted by Crippen LogP contribution is -2.36. The molecule has 2 saturated heterocycles. The summed E-state index contributed by atoms with van der Waals surface area (Å²) >= 11 is 0. The molecule has 1 aromatic carbocycles. The summed E-state index contributed by atoms with van der Waals surface area (Å²) in [5.74, 6) is -1.37. The number of carbonyl (C=O) groups is 2. The van der Waals surface area contributed by atoms with E-state index in [4.69, 9.17) is 0 Å². The van der Waals surface area contributed by atoms with Crippen molar-refractivity contribution in [2.24, 2.45) is 11.8 Å². The molecule has 5 rings (SSSR count). The summed E-state index contributed by atoms with van der Waals surface area (Å²) in [4.78, 5) is 36.7. The molecular weight excluding hydrogens is 335 g/mol. The fourth-order valence-corrected chi connectivity index (χ4v) is 3.98. The van der Waals surface area contributed by atoms with Gasteiger partial charge in [-0.25, -0.2) is 19.3 Å². The first-order valence-corrected chi connectivity index (χ1v) is 8.83. The smallest absolute Gasteiger partial charge is 0.239 e. The molecule has 2 aliphatic heterocycles. The summed E-state index contributed by atoms with van der Waals surface area (Å²) in [6.45, 7) is 0.604. The molecule has 7 heteroatoms. The molecule has 0 spiro atoms. The SMILES string of the molecule is O=C1C2CN(c3ncnc(C4CC4)c3F)CC2C(=O)N1c1ccccc1. The van der Waals surface area contributed by atoms with E-state index >= 15 is 0 Å². The number of imide groups is 1. The molecule has 1 aliphatic carbocycles. The lowest BCUT2D eigenvalue weighted by atomic mass is 10.00.